The van der Waals surface area contributed by atoms with Crippen molar-refractivity contribution in [3.63, 3.8) is 0 Å². The maximum atomic E-state index is 11.3. The molecule has 0 aliphatic heterocycles. The van der Waals surface area contributed by atoms with E-state index in [1.807, 2.05) is 0 Å². The Balaban J connectivity index is 0.00000169. The predicted molar refractivity (Wildman–Crippen MR) is 55.4 cm³/mol. The average molecular weight is 224 g/mol. The van der Waals surface area contributed by atoms with Crippen LogP contribution in [0.1, 0.15) is 25.7 Å². The number of carbonyl (C=O) groups is 1. The Bertz CT molecular complexity index is 190. The standard InChI is InChI=1S/C9H17NO3.ClH/c1-12-7-3-5-9(10,6-4-7)8(11)13-2;/h7H,3-6,10H2,1-2H3;1H/t7-,9+;. The number of esters is 1. The molecule has 0 amide bonds. The average Bonchev–Trinajstić information content (AvgIpc) is 2.18. The smallest absolute Gasteiger partial charge is 0.325 e. The summed E-state index contributed by atoms with van der Waals surface area (Å²) in [5, 5.41) is 0. The van der Waals surface area contributed by atoms with E-state index in [2.05, 4.69) is 4.74 Å². The molecular weight excluding hydrogens is 206 g/mol. The van der Waals surface area contributed by atoms with Crippen LogP contribution >= 0.6 is 12.4 Å². The zero-order valence-electron chi connectivity index (χ0n) is 8.62. The second-order valence-corrected chi connectivity index (χ2v) is 3.58. The maximum Gasteiger partial charge on any atom is 0.325 e. The van der Waals surface area contributed by atoms with Crippen molar-refractivity contribution in [1.29, 1.82) is 0 Å². The molecule has 1 rings (SSSR count). The molecule has 0 bridgehead atoms. The van der Waals surface area contributed by atoms with Gasteiger partial charge in [0.25, 0.3) is 0 Å². The molecule has 1 aliphatic rings. The van der Waals surface area contributed by atoms with Gasteiger partial charge in [-0.15, -0.1) is 12.4 Å². The lowest BCUT2D eigenvalue weighted by Crippen LogP contribution is -2.52. The number of carbonyl (C=O) groups excluding carboxylic acids is 1. The molecule has 0 spiro atoms. The number of rotatable bonds is 2. The van der Waals surface area contributed by atoms with E-state index in [4.69, 9.17) is 10.5 Å². The first-order valence-electron chi connectivity index (χ1n) is 4.52. The molecule has 0 saturated heterocycles. The molecule has 1 fully saturated rings. The van der Waals surface area contributed by atoms with Gasteiger partial charge in [0.15, 0.2) is 0 Å². The highest BCUT2D eigenvalue weighted by Crippen LogP contribution is 2.28. The summed E-state index contributed by atoms with van der Waals surface area (Å²) >= 11 is 0. The lowest BCUT2D eigenvalue weighted by atomic mass is 9.81. The predicted octanol–water partition coefficient (Wildman–Crippen LogP) is 0.868. The van der Waals surface area contributed by atoms with Gasteiger partial charge in [-0.25, -0.2) is 0 Å². The fourth-order valence-electron chi connectivity index (χ4n) is 1.75. The molecule has 1 aliphatic carbocycles. The van der Waals surface area contributed by atoms with E-state index in [0.29, 0.717) is 12.8 Å². The molecule has 84 valence electrons. The van der Waals surface area contributed by atoms with E-state index in [9.17, 15) is 4.79 Å². The Morgan fingerprint density at radius 2 is 1.86 bits per heavy atom. The molecule has 4 nitrogen and oxygen atoms in total. The van der Waals surface area contributed by atoms with Gasteiger partial charge < -0.3 is 15.2 Å². The van der Waals surface area contributed by atoms with Gasteiger partial charge in [-0.1, -0.05) is 0 Å². The summed E-state index contributed by atoms with van der Waals surface area (Å²) in [5.41, 5.74) is 5.13. The quantitative estimate of drug-likeness (QED) is 0.706. The normalized spacial score (nSPS) is 31.8. The Labute approximate surface area is 90.5 Å². The van der Waals surface area contributed by atoms with Crippen LogP contribution in [0.25, 0.3) is 0 Å². The van der Waals surface area contributed by atoms with Crippen LogP contribution in [-0.4, -0.2) is 31.8 Å². The van der Waals surface area contributed by atoms with Crippen LogP contribution in [0.5, 0.6) is 0 Å². The van der Waals surface area contributed by atoms with Gasteiger partial charge >= 0.3 is 5.97 Å². The highest BCUT2D eigenvalue weighted by atomic mass is 35.5. The largest absolute Gasteiger partial charge is 0.468 e. The van der Waals surface area contributed by atoms with Crippen molar-refractivity contribution in [1.82, 2.24) is 0 Å². The van der Waals surface area contributed by atoms with Crippen LogP contribution in [0.2, 0.25) is 0 Å². The van der Waals surface area contributed by atoms with Gasteiger partial charge in [-0.2, -0.15) is 0 Å². The van der Waals surface area contributed by atoms with Crippen molar-refractivity contribution >= 4 is 18.4 Å². The van der Waals surface area contributed by atoms with Crippen LogP contribution in [0.4, 0.5) is 0 Å². The molecule has 0 aromatic carbocycles. The van der Waals surface area contributed by atoms with Crippen LogP contribution in [0.15, 0.2) is 0 Å². The number of hydrogen-bond donors (Lipinski definition) is 1. The van der Waals surface area contributed by atoms with Crippen molar-refractivity contribution in [3.05, 3.63) is 0 Å². The number of halogens is 1. The fourth-order valence-corrected chi connectivity index (χ4v) is 1.75. The van der Waals surface area contributed by atoms with Crippen LogP contribution < -0.4 is 5.73 Å². The molecule has 5 heteroatoms. The van der Waals surface area contributed by atoms with Crippen molar-refractivity contribution in [3.8, 4) is 0 Å². The number of hydrogen-bond acceptors (Lipinski definition) is 4. The first-order valence-corrected chi connectivity index (χ1v) is 4.52. The van der Waals surface area contributed by atoms with Crippen molar-refractivity contribution in [2.45, 2.75) is 37.3 Å². The van der Waals surface area contributed by atoms with Crippen LogP contribution in [0, 0.1) is 0 Å². The molecule has 2 N–H and O–H groups in total. The van der Waals surface area contributed by atoms with E-state index in [-0.39, 0.29) is 24.5 Å². The van der Waals surface area contributed by atoms with E-state index >= 15 is 0 Å². The SMILES string of the molecule is COC(=O)[C@]1(N)CC[C@@H](OC)CC1.Cl. The summed E-state index contributed by atoms with van der Waals surface area (Å²) in [6.07, 6.45) is 3.22. The van der Waals surface area contributed by atoms with Crippen molar-refractivity contribution in [2.75, 3.05) is 14.2 Å². The molecule has 0 aromatic heterocycles. The number of nitrogens with two attached hydrogens (primary N) is 1. The third-order valence-electron chi connectivity index (χ3n) is 2.75. The number of ether oxygens (including phenoxy) is 2. The minimum Gasteiger partial charge on any atom is -0.468 e. The first-order chi connectivity index (χ1) is 6.12. The monoisotopic (exact) mass is 223 g/mol. The van der Waals surface area contributed by atoms with E-state index in [1.165, 1.54) is 7.11 Å². The molecule has 1 saturated carbocycles. The summed E-state index contributed by atoms with van der Waals surface area (Å²) < 4.78 is 9.85. The summed E-state index contributed by atoms with van der Waals surface area (Å²) in [4.78, 5) is 11.3. The molecule has 0 radical (unpaired) electrons. The van der Waals surface area contributed by atoms with Gasteiger partial charge in [0.2, 0.25) is 0 Å². The maximum absolute atomic E-state index is 11.3. The van der Waals surface area contributed by atoms with Gasteiger partial charge in [0.1, 0.15) is 5.54 Å². The Hall–Kier alpha value is -0.320. The third-order valence-corrected chi connectivity index (χ3v) is 2.75. The lowest BCUT2D eigenvalue weighted by Gasteiger charge is -2.33. The highest BCUT2D eigenvalue weighted by molar-refractivity contribution is 5.85. The Morgan fingerprint density at radius 1 is 1.36 bits per heavy atom. The summed E-state index contributed by atoms with van der Waals surface area (Å²) in [6, 6.07) is 0. The molecule has 0 aromatic rings. The van der Waals surface area contributed by atoms with Gasteiger partial charge in [-0.05, 0) is 25.7 Å². The van der Waals surface area contributed by atoms with Gasteiger partial charge in [-0.3, -0.25) is 4.79 Å². The molecular formula is C9H18ClNO3. The van der Waals surface area contributed by atoms with E-state index < -0.39 is 5.54 Å². The molecule has 0 atom stereocenters. The zero-order valence-corrected chi connectivity index (χ0v) is 9.43. The zero-order chi connectivity index (χ0) is 9.90. The highest BCUT2D eigenvalue weighted by Gasteiger charge is 2.39. The first kappa shape index (κ1) is 13.7. The van der Waals surface area contributed by atoms with Gasteiger partial charge in [0, 0.05) is 7.11 Å². The van der Waals surface area contributed by atoms with Gasteiger partial charge in [0.05, 0.1) is 13.2 Å². The summed E-state index contributed by atoms with van der Waals surface area (Å²) in [6.45, 7) is 0. The minimum atomic E-state index is -0.774. The fraction of sp³-hybridized carbons (Fsp3) is 0.889. The van der Waals surface area contributed by atoms with E-state index in [1.54, 1.807) is 7.11 Å². The van der Waals surface area contributed by atoms with Crippen LogP contribution in [-0.2, 0) is 14.3 Å². The summed E-state index contributed by atoms with van der Waals surface area (Å²) in [7, 11) is 3.06. The second kappa shape index (κ2) is 5.53. The molecule has 0 heterocycles. The lowest BCUT2D eigenvalue weighted by molar-refractivity contribution is -0.149. The number of methoxy groups -OCH3 is 2. The van der Waals surface area contributed by atoms with Crippen LogP contribution in [0.3, 0.4) is 0 Å². The third kappa shape index (κ3) is 2.83. The topological polar surface area (TPSA) is 61.5 Å². The molecule has 14 heavy (non-hydrogen) atoms. The Kier molecular flexibility index (Phi) is 5.41. The van der Waals surface area contributed by atoms with E-state index in [0.717, 1.165) is 12.8 Å². The van der Waals surface area contributed by atoms with Crippen molar-refractivity contribution in [2.24, 2.45) is 5.73 Å². The Morgan fingerprint density at radius 3 is 2.21 bits per heavy atom. The molecule has 0 unspecified atom stereocenters. The minimum absolute atomic E-state index is 0. The van der Waals surface area contributed by atoms with Crippen molar-refractivity contribution < 1.29 is 14.3 Å². The summed E-state index contributed by atoms with van der Waals surface area (Å²) in [5.74, 6) is -0.304. The second-order valence-electron chi connectivity index (χ2n) is 3.58.